The van der Waals surface area contributed by atoms with Crippen LogP contribution in [0.25, 0.3) is 0 Å². The molecule has 2 aliphatic rings. The molecule has 5 nitrogen and oxygen atoms in total. The number of nitrogens with one attached hydrogen (secondary N) is 1. The van der Waals surface area contributed by atoms with Crippen LogP contribution in [0.1, 0.15) is 41.6 Å². The number of benzene rings is 1. The van der Waals surface area contributed by atoms with Gasteiger partial charge in [0, 0.05) is 31.6 Å². The van der Waals surface area contributed by atoms with Crippen LogP contribution in [0.2, 0.25) is 0 Å². The maximum atomic E-state index is 12.4. The second kappa shape index (κ2) is 5.99. The Labute approximate surface area is 130 Å². The largest absolute Gasteiger partial charge is 0.508 e. The Bertz CT molecular complexity index is 592. The number of hydrogen-bond acceptors (Lipinski definition) is 3. The van der Waals surface area contributed by atoms with E-state index < -0.39 is 0 Å². The van der Waals surface area contributed by atoms with Gasteiger partial charge in [-0.15, -0.1) is 0 Å². The van der Waals surface area contributed by atoms with Crippen LogP contribution in [0.3, 0.4) is 0 Å². The van der Waals surface area contributed by atoms with Crippen molar-refractivity contribution in [2.45, 2.75) is 32.2 Å². The lowest BCUT2D eigenvalue weighted by Gasteiger charge is -2.30. The third-order valence-electron chi connectivity index (χ3n) is 4.91. The zero-order valence-corrected chi connectivity index (χ0v) is 12.8. The summed E-state index contributed by atoms with van der Waals surface area (Å²) in [6.45, 7) is 1.37. The average Bonchev–Trinajstić information content (AvgIpc) is 2.83. The van der Waals surface area contributed by atoms with Gasteiger partial charge in [-0.3, -0.25) is 9.59 Å². The smallest absolute Gasteiger partial charge is 0.254 e. The van der Waals surface area contributed by atoms with Gasteiger partial charge in [-0.05, 0) is 49.3 Å². The van der Waals surface area contributed by atoms with Gasteiger partial charge in [0.15, 0.2) is 0 Å². The van der Waals surface area contributed by atoms with Crippen LogP contribution in [0.15, 0.2) is 18.2 Å². The second-order valence-corrected chi connectivity index (χ2v) is 6.36. The Morgan fingerprint density at radius 3 is 2.73 bits per heavy atom. The van der Waals surface area contributed by atoms with E-state index in [2.05, 4.69) is 5.32 Å². The van der Waals surface area contributed by atoms with Crippen LogP contribution in [0.4, 0.5) is 0 Å². The zero-order valence-electron chi connectivity index (χ0n) is 12.8. The van der Waals surface area contributed by atoms with Gasteiger partial charge in [0.05, 0.1) is 0 Å². The minimum absolute atomic E-state index is 0.0133. The first-order valence-electron chi connectivity index (χ1n) is 7.91. The predicted octanol–water partition coefficient (Wildman–Crippen LogP) is 1.90. The van der Waals surface area contributed by atoms with E-state index in [0.29, 0.717) is 18.0 Å². The fourth-order valence-electron chi connectivity index (χ4n) is 3.62. The number of aromatic hydroxyl groups is 1. The molecule has 2 amide bonds. The van der Waals surface area contributed by atoms with Crippen molar-refractivity contribution in [3.05, 3.63) is 29.3 Å². The summed E-state index contributed by atoms with van der Waals surface area (Å²) in [7, 11) is 1.68. The summed E-state index contributed by atoms with van der Waals surface area (Å²) in [6.07, 6.45) is 3.78. The molecule has 0 radical (unpaired) electrons. The summed E-state index contributed by atoms with van der Waals surface area (Å²) in [5.41, 5.74) is 1.61. The number of nitrogens with zero attached hydrogens (tertiary/aromatic N) is 1. The molecule has 1 aliphatic carbocycles. The standard InChI is InChI=1S/C17H22N2O3/c1-18-16(21)12-4-2-11(3-5-12)9-19-10-13-6-7-14(20)8-15(13)17(19)22/h6-8,11-12,20H,2-5,9-10H2,1H3,(H,18,21)/t11-,12-. The Hall–Kier alpha value is -2.04. The predicted molar refractivity (Wildman–Crippen MR) is 82.4 cm³/mol. The van der Waals surface area contributed by atoms with Crippen molar-refractivity contribution < 1.29 is 14.7 Å². The Morgan fingerprint density at radius 2 is 2.05 bits per heavy atom. The number of phenolic OH excluding ortho intramolecular Hbond substituents is 1. The third-order valence-corrected chi connectivity index (χ3v) is 4.91. The molecule has 5 heteroatoms. The normalized spacial score (nSPS) is 24.2. The third kappa shape index (κ3) is 2.80. The molecule has 0 spiro atoms. The van der Waals surface area contributed by atoms with E-state index in [1.54, 1.807) is 19.2 Å². The van der Waals surface area contributed by atoms with Crippen molar-refractivity contribution in [2.24, 2.45) is 11.8 Å². The molecule has 1 aromatic rings. The second-order valence-electron chi connectivity index (χ2n) is 6.36. The van der Waals surface area contributed by atoms with Gasteiger partial charge >= 0.3 is 0 Å². The molecule has 3 rings (SSSR count). The summed E-state index contributed by atoms with van der Waals surface area (Å²) in [4.78, 5) is 25.9. The number of hydrogen-bond donors (Lipinski definition) is 2. The molecule has 22 heavy (non-hydrogen) atoms. The molecule has 0 atom stereocenters. The van der Waals surface area contributed by atoms with Crippen LogP contribution >= 0.6 is 0 Å². The molecule has 1 saturated carbocycles. The van der Waals surface area contributed by atoms with E-state index in [4.69, 9.17) is 0 Å². The van der Waals surface area contributed by atoms with Gasteiger partial charge in [-0.2, -0.15) is 0 Å². The molecule has 0 saturated heterocycles. The highest BCUT2D eigenvalue weighted by molar-refractivity contribution is 5.98. The van der Waals surface area contributed by atoms with Gasteiger partial charge in [0.2, 0.25) is 5.91 Å². The number of fused-ring (bicyclic) bond motifs is 1. The van der Waals surface area contributed by atoms with E-state index in [0.717, 1.165) is 37.8 Å². The van der Waals surface area contributed by atoms with Crippen LogP contribution < -0.4 is 5.32 Å². The maximum Gasteiger partial charge on any atom is 0.254 e. The molecule has 1 aliphatic heterocycles. The minimum atomic E-state index is 0.0133. The molecule has 1 aromatic carbocycles. The summed E-state index contributed by atoms with van der Waals surface area (Å²) >= 11 is 0. The zero-order chi connectivity index (χ0) is 15.7. The lowest BCUT2D eigenvalue weighted by atomic mass is 9.81. The fourth-order valence-corrected chi connectivity index (χ4v) is 3.62. The summed E-state index contributed by atoms with van der Waals surface area (Å²) < 4.78 is 0. The lowest BCUT2D eigenvalue weighted by molar-refractivity contribution is -0.125. The molecule has 1 fully saturated rings. The first kappa shape index (κ1) is 14.9. The average molecular weight is 302 g/mol. The van der Waals surface area contributed by atoms with Gasteiger partial charge in [0.25, 0.3) is 5.91 Å². The highest BCUT2D eigenvalue weighted by atomic mass is 16.3. The molecule has 0 aromatic heterocycles. The van der Waals surface area contributed by atoms with Gasteiger partial charge in [-0.1, -0.05) is 6.07 Å². The van der Waals surface area contributed by atoms with E-state index in [-0.39, 0.29) is 23.5 Å². The number of rotatable bonds is 3. The summed E-state index contributed by atoms with van der Waals surface area (Å²) in [6, 6.07) is 5.01. The highest BCUT2D eigenvalue weighted by Gasteiger charge is 2.32. The minimum Gasteiger partial charge on any atom is -0.508 e. The lowest BCUT2D eigenvalue weighted by Crippen LogP contribution is -2.35. The fraction of sp³-hybridized carbons (Fsp3) is 0.529. The van der Waals surface area contributed by atoms with Gasteiger partial charge in [0.1, 0.15) is 5.75 Å². The van der Waals surface area contributed by atoms with E-state index >= 15 is 0 Å². The number of phenols is 1. The molecule has 0 unspecified atom stereocenters. The van der Waals surface area contributed by atoms with Crippen LogP contribution in [-0.4, -0.2) is 35.4 Å². The van der Waals surface area contributed by atoms with Crippen molar-refractivity contribution in [1.82, 2.24) is 10.2 Å². The number of amides is 2. The first-order chi connectivity index (χ1) is 10.6. The highest BCUT2D eigenvalue weighted by Crippen LogP contribution is 2.32. The van der Waals surface area contributed by atoms with E-state index in [1.807, 2.05) is 11.0 Å². The summed E-state index contributed by atoms with van der Waals surface area (Å²) in [5, 5.41) is 12.2. The van der Waals surface area contributed by atoms with Gasteiger partial charge < -0.3 is 15.3 Å². The van der Waals surface area contributed by atoms with E-state index in [9.17, 15) is 14.7 Å². The van der Waals surface area contributed by atoms with Crippen molar-refractivity contribution in [3.8, 4) is 5.75 Å². The van der Waals surface area contributed by atoms with Crippen molar-refractivity contribution in [3.63, 3.8) is 0 Å². The quantitative estimate of drug-likeness (QED) is 0.896. The van der Waals surface area contributed by atoms with Crippen LogP contribution in [0.5, 0.6) is 5.75 Å². The van der Waals surface area contributed by atoms with Crippen molar-refractivity contribution in [2.75, 3.05) is 13.6 Å². The molecular weight excluding hydrogens is 280 g/mol. The topological polar surface area (TPSA) is 69.6 Å². The SMILES string of the molecule is CNC(=O)[C@H]1CC[C@H](CN2Cc3ccc(O)cc3C2=O)CC1. The van der Waals surface area contributed by atoms with Crippen molar-refractivity contribution in [1.29, 1.82) is 0 Å². The first-order valence-corrected chi connectivity index (χ1v) is 7.91. The molecular formula is C17H22N2O3. The molecule has 1 heterocycles. The van der Waals surface area contributed by atoms with E-state index in [1.165, 1.54) is 0 Å². The Balaban J connectivity index is 1.58. The van der Waals surface area contributed by atoms with Gasteiger partial charge in [-0.25, -0.2) is 0 Å². The molecule has 2 N–H and O–H groups in total. The monoisotopic (exact) mass is 302 g/mol. The van der Waals surface area contributed by atoms with Crippen LogP contribution in [-0.2, 0) is 11.3 Å². The Kier molecular flexibility index (Phi) is 4.05. The Morgan fingerprint density at radius 1 is 1.32 bits per heavy atom. The molecule has 118 valence electrons. The van der Waals surface area contributed by atoms with Crippen molar-refractivity contribution >= 4 is 11.8 Å². The van der Waals surface area contributed by atoms with Crippen LogP contribution in [0, 0.1) is 11.8 Å². The summed E-state index contributed by atoms with van der Waals surface area (Å²) in [5.74, 6) is 0.885. The number of carbonyl (C=O) groups excluding carboxylic acids is 2. The molecule has 0 bridgehead atoms. The maximum absolute atomic E-state index is 12.4. The number of carbonyl (C=O) groups is 2.